The number of carbonyl (C=O) groups excluding carboxylic acids is 4. The topological polar surface area (TPSA) is 172 Å². The zero-order chi connectivity index (χ0) is 32.0. The molecule has 0 bridgehead atoms. The zero-order valence-electron chi connectivity index (χ0n) is 25.6. The Kier molecular flexibility index (Phi) is 12.9. The Labute approximate surface area is 258 Å². The SMILES string of the molecule is CC(C)(C)OC(=O)CC(CNNC(N)=O)NC(=O)CN(CCc1ccccc1)C(=O)c1ncc(CCCc2ccccc2)[nH]1. The van der Waals surface area contributed by atoms with E-state index in [1.807, 2.05) is 48.5 Å². The number of urea groups is 1. The van der Waals surface area contributed by atoms with Crippen molar-refractivity contribution in [1.29, 1.82) is 0 Å². The Bertz CT molecular complexity index is 1360. The van der Waals surface area contributed by atoms with Crippen LogP contribution in [0.4, 0.5) is 4.79 Å². The van der Waals surface area contributed by atoms with Gasteiger partial charge in [0, 0.05) is 25.0 Å². The maximum atomic E-state index is 13.6. The van der Waals surface area contributed by atoms with Crippen molar-refractivity contribution in [3.63, 3.8) is 0 Å². The van der Waals surface area contributed by atoms with Crippen molar-refractivity contribution in [2.45, 2.75) is 64.5 Å². The van der Waals surface area contributed by atoms with Crippen LogP contribution in [0.5, 0.6) is 0 Å². The normalized spacial score (nSPS) is 11.8. The molecule has 0 radical (unpaired) electrons. The van der Waals surface area contributed by atoms with E-state index < -0.39 is 35.5 Å². The number of nitrogens with one attached hydrogen (secondary N) is 4. The standard InChI is InChI=1S/C32H43N7O5/c1-32(2,3)44-28(41)19-26(21-35-38-31(33)43)36-27(40)22-39(18-17-24-13-8-5-9-14-24)30(42)29-34-20-25(37-29)16-10-15-23-11-6-4-7-12-23/h4-9,11-14,20,26,35H,10,15-19,21-22H2,1-3H3,(H,34,37)(H,36,40)(H3,33,38,43). The molecular formula is C32H43N7O5. The number of nitrogens with zero attached hydrogens (tertiary/aromatic N) is 2. The van der Waals surface area contributed by atoms with Crippen LogP contribution in [-0.4, -0.2) is 70.0 Å². The Hall–Kier alpha value is -4.71. The van der Waals surface area contributed by atoms with Gasteiger partial charge in [-0.15, -0.1) is 0 Å². The first-order chi connectivity index (χ1) is 21.0. The molecule has 6 N–H and O–H groups in total. The van der Waals surface area contributed by atoms with Gasteiger partial charge in [0.1, 0.15) is 5.60 Å². The minimum absolute atomic E-state index is 0.00356. The summed E-state index contributed by atoms with van der Waals surface area (Å²) in [6.45, 7) is 5.21. The number of carbonyl (C=O) groups is 4. The van der Waals surface area contributed by atoms with Crippen molar-refractivity contribution < 1.29 is 23.9 Å². The molecule has 3 rings (SSSR count). The van der Waals surface area contributed by atoms with Crippen LogP contribution in [0.2, 0.25) is 0 Å². The molecular weight excluding hydrogens is 562 g/mol. The van der Waals surface area contributed by atoms with Crippen LogP contribution in [0.15, 0.2) is 66.9 Å². The van der Waals surface area contributed by atoms with Gasteiger partial charge in [0.2, 0.25) is 5.91 Å². The lowest BCUT2D eigenvalue weighted by atomic mass is 10.1. The van der Waals surface area contributed by atoms with E-state index in [0.29, 0.717) is 6.42 Å². The third kappa shape index (κ3) is 12.7. The molecule has 0 saturated carbocycles. The summed E-state index contributed by atoms with van der Waals surface area (Å²) in [5, 5.41) is 2.77. The summed E-state index contributed by atoms with van der Waals surface area (Å²) < 4.78 is 5.39. The lowest BCUT2D eigenvalue weighted by molar-refractivity contribution is -0.155. The van der Waals surface area contributed by atoms with Crippen LogP contribution in [0.25, 0.3) is 0 Å². The predicted octanol–water partition coefficient (Wildman–Crippen LogP) is 2.66. The van der Waals surface area contributed by atoms with Gasteiger partial charge >= 0.3 is 12.0 Å². The number of hydrogen-bond acceptors (Lipinski definition) is 7. The number of aromatic nitrogens is 2. The molecule has 2 aromatic carbocycles. The highest BCUT2D eigenvalue weighted by Gasteiger charge is 2.25. The number of nitrogens with two attached hydrogens (primary N) is 1. The van der Waals surface area contributed by atoms with Crippen LogP contribution in [0.3, 0.4) is 0 Å². The van der Waals surface area contributed by atoms with Crippen molar-refractivity contribution in [1.82, 2.24) is 31.0 Å². The number of H-pyrrole nitrogens is 1. The van der Waals surface area contributed by atoms with Gasteiger partial charge in [-0.2, -0.15) is 0 Å². The number of amides is 4. The van der Waals surface area contributed by atoms with Crippen LogP contribution >= 0.6 is 0 Å². The smallest absolute Gasteiger partial charge is 0.326 e. The van der Waals surface area contributed by atoms with E-state index in [1.165, 1.54) is 10.5 Å². The molecule has 0 aliphatic heterocycles. The maximum Gasteiger partial charge on any atom is 0.326 e. The summed E-state index contributed by atoms with van der Waals surface area (Å²) in [5.74, 6) is -1.28. The van der Waals surface area contributed by atoms with E-state index in [2.05, 4.69) is 38.3 Å². The van der Waals surface area contributed by atoms with E-state index in [-0.39, 0.29) is 31.9 Å². The summed E-state index contributed by atoms with van der Waals surface area (Å²) in [4.78, 5) is 59.3. The predicted molar refractivity (Wildman–Crippen MR) is 166 cm³/mol. The number of aryl methyl sites for hydroxylation is 2. The number of hydrogen-bond donors (Lipinski definition) is 5. The first-order valence-corrected chi connectivity index (χ1v) is 14.7. The molecule has 1 atom stereocenters. The van der Waals surface area contributed by atoms with E-state index >= 15 is 0 Å². The highest BCUT2D eigenvalue weighted by Crippen LogP contribution is 2.11. The molecule has 0 aliphatic rings. The molecule has 1 aromatic heterocycles. The highest BCUT2D eigenvalue weighted by molar-refractivity contribution is 5.93. The number of benzene rings is 2. The molecule has 44 heavy (non-hydrogen) atoms. The van der Waals surface area contributed by atoms with Gasteiger partial charge in [-0.05, 0) is 57.6 Å². The third-order valence-electron chi connectivity index (χ3n) is 6.48. The lowest BCUT2D eigenvalue weighted by Gasteiger charge is -2.25. The second-order valence-electron chi connectivity index (χ2n) is 11.5. The fourth-order valence-electron chi connectivity index (χ4n) is 4.50. The first-order valence-electron chi connectivity index (χ1n) is 14.7. The number of ether oxygens (including phenoxy) is 1. The molecule has 12 nitrogen and oxygen atoms in total. The van der Waals surface area contributed by atoms with E-state index in [9.17, 15) is 19.2 Å². The van der Waals surface area contributed by atoms with Crippen molar-refractivity contribution in [3.05, 3.63) is 89.5 Å². The highest BCUT2D eigenvalue weighted by atomic mass is 16.6. The average Bonchev–Trinajstić information content (AvgIpc) is 3.43. The molecule has 1 unspecified atom stereocenters. The molecule has 236 valence electrons. The quantitative estimate of drug-likeness (QED) is 0.123. The van der Waals surface area contributed by atoms with E-state index in [4.69, 9.17) is 10.5 Å². The fourth-order valence-corrected chi connectivity index (χ4v) is 4.50. The van der Waals surface area contributed by atoms with Crippen LogP contribution in [0.1, 0.15) is 61.1 Å². The summed E-state index contributed by atoms with van der Waals surface area (Å²) in [5.41, 5.74) is 12.3. The van der Waals surface area contributed by atoms with Gasteiger partial charge in [-0.3, -0.25) is 19.8 Å². The molecule has 1 heterocycles. The Morgan fingerprint density at radius 3 is 2.20 bits per heavy atom. The summed E-state index contributed by atoms with van der Waals surface area (Å²) in [6, 6.07) is 18.2. The van der Waals surface area contributed by atoms with Crippen molar-refractivity contribution in [3.8, 4) is 0 Å². The minimum Gasteiger partial charge on any atom is -0.460 e. The minimum atomic E-state index is -0.817. The summed E-state index contributed by atoms with van der Waals surface area (Å²) in [7, 11) is 0. The summed E-state index contributed by atoms with van der Waals surface area (Å²) in [6.07, 6.45) is 4.52. The van der Waals surface area contributed by atoms with Crippen molar-refractivity contribution in [2.24, 2.45) is 5.73 Å². The second-order valence-corrected chi connectivity index (χ2v) is 11.5. The molecule has 0 spiro atoms. The summed E-state index contributed by atoms with van der Waals surface area (Å²) >= 11 is 0. The number of aromatic amines is 1. The number of imidazole rings is 1. The van der Waals surface area contributed by atoms with Crippen LogP contribution in [0, 0.1) is 0 Å². The largest absolute Gasteiger partial charge is 0.460 e. The van der Waals surface area contributed by atoms with Gasteiger partial charge < -0.3 is 25.7 Å². The Morgan fingerprint density at radius 1 is 0.955 bits per heavy atom. The molecule has 3 aromatic rings. The van der Waals surface area contributed by atoms with E-state index in [0.717, 1.165) is 30.5 Å². The monoisotopic (exact) mass is 605 g/mol. The molecule has 0 aliphatic carbocycles. The molecule has 12 heteroatoms. The van der Waals surface area contributed by atoms with Gasteiger partial charge in [-0.25, -0.2) is 15.2 Å². The van der Waals surface area contributed by atoms with E-state index in [1.54, 1.807) is 27.0 Å². The molecule has 0 saturated heterocycles. The number of primary amides is 1. The fraction of sp³-hybridized carbons (Fsp3) is 0.406. The molecule has 4 amide bonds. The average molecular weight is 606 g/mol. The Balaban J connectivity index is 1.67. The maximum absolute atomic E-state index is 13.6. The van der Waals surface area contributed by atoms with Crippen molar-refractivity contribution in [2.75, 3.05) is 19.6 Å². The van der Waals surface area contributed by atoms with Gasteiger partial charge in [-0.1, -0.05) is 60.7 Å². The van der Waals surface area contributed by atoms with Gasteiger partial charge in [0.15, 0.2) is 5.82 Å². The van der Waals surface area contributed by atoms with Crippen LogP contribution in [-0.2, 0) is 33.6 Å². The molecule has 0 fully saturated rings. The number of esters is 1. The number of rotatable bonds is 16. The van der Waals surface area contributed by atoms with Gasteiger partial charge in [0.25, 0.3) is 5.91 Å². The first kappa shape index (κ1) is 33.8. The number of hydrazine groups is 1. The van der Waals surface area contributed by atoms with Crippen LogP contribution < -0.4 is 21.9 Å². The second kappa shape index (κ2) is 16.8. The van der Waals surface area contributed by atoms with Crippen molar-refractivity contribution >= 4 is 23.8 Å². The third-order valence-corrected chi connectivity index (χ3v) is 6.48. The lowest BCUT2D eigenvalue weighted by Crippen LogP contribution is -2.52. The van der Waals surface area contributed by atoms with Gasteiger partial charge in [0.05, 0.1) is 19.0 Å². The Morgan fingerprint density at radius 2 is 1.59 bits per heavy atom. The zero-order valence-corrected chi connectivity index (χ0v) is 25.6.